The van der Waals surface area contributed by atoms with Crippen LogP contribution in [0.15, 0.2) is 129 Å². The number of carboxylic acid groups (broad SMARTS) is 2. The number of likely N-dealkylation sites (N-methyl/N-ethyl adjacent to an activating group) is 3. The standard InChI is InChI=1S/C57H77Cl4N5O12S2.C25H32Cl2N4O5S.C8H14O4.2C4H5NO2/c1-65-38-51(49-34-44(58)36-55(60)53(49)40-65)42-10-7-14-47(32-42)79(69,70)63-18-22-75-26-30-77-28-24-73-20-9-13-46(67)12-5-3-4-6-16-57(68)62-17-21-74-25-29-78-31-27-76-23-19-64-80(71,72)48-15-8-11-43(33-48)52-39-66(2)41-54-50(52)35-45(59)37-56(54)61;1-31-17-23(22-15-20(26)16-25(27)24(22)18-31)19-4-2-5-21(14-19)37(32,33)13-3-7-34-9-11-36-12-10-35-8-6-29-30-28;9-7(10)5-3-1-2-4-6-8(11)12;2*6-3-1-2-4(7)5-3/h7-8,10-11,14-15,32-37,51-52,63-64H,3-6,9,12-13,16-31,38-41H2,1-2H3,(H,62,68);2,4-5,14-16,23H,3,6-13,17-18H2,1H3;1-6H2,(H,9,10)(H,11,12);2*1-2H2,(H,5,6,7). The number of hydrogen-bond donors (Lipinski definition) is 7. The zero-order valence-corrected chi connectivity index (χ0v) is 88.0. The molecule has 0 radical (unpaired) electrons. The summed E-state index contributed by atoms with van der Waals surface area (Å²) in [5.74, 6) is -2.19. The van der Waals surface area contributed by atoms with E-state index in [1.54, 1.807) is 72.8 Å². The molecule has 45 heteroatoms. The Morgan fingerprint density at radius 3 is 1.07 bits per heavy atom. The Hall–Kier alpha value is -7.98. The molecule has 0 spiro atoms. The van der Waals surface area contributed by atoms with Gasteiger partial charge in [0.2, 0.25) is 49.6 Å². The number of benzene rings is 6. The maximum atomic E-state index is 13.1. The predicted molar refractivity (Wildman–Crippen MR) is 544 cm³/mol. The second-order valence-electron chi connectivity index (χ2n) is 34.3. The van der Waals surface area contributed by atoms with Crippen molar-refractivity contribution in [2.75, 3.05) is 192 Å². The number of sulfonamides is 2. The number of nitrogens with zero attached hydrogens (tertiary/aromatic N) is 6. The lowest BCUT2D eigenvalue weighted by Gasteiger charge is -2.33. The summed E-state index contributed by atoms with van der Waals surface area (Å²) in [6.45, 7) is 11.3. The molecule has 2 saturated heterocycles. The Bertz CT molecular complexity index is 5220. The van der Waals surface area contributed by atoms with Crippen molar-refractivity contribution in [1.82, 2.24) is 40.1 Å². The van der Waals surface area contributed by atoms with Gasteiger partial charge >= 0.3 is 11.9 Å². The molecule has 11 rings (SSSR count). The molecule has 5 heterocycles. The summed E-state index contributed by atoms with van der Waals surface area (Å²) in [6.07, 6.45) is 10.5. The first kappa shape index (κ1) is 122. The Morgan fingerprint density at radius 2 is 0.713 bits per heavy atom. The number of ether oxygens (including phenoxy) is 9. The van der Waals surface area contributed by atoms with Gasteiger partial charge in [-0.3, -0.25) is 49.0 Å². The van der Waals surface area contributed by atoms with Gasteiger partial charge in [0.15, 0.2) is 9.84 Å². The van der Waals surface area contributed by atoms with E-state index in [0.717, 1.165) is 102 Å². The molecule has 3 atom stereocenters. The van der Waals surface area contributed by atoms with E-state index in [0.29, 0.717) is 251 Å². The average molecular weight is 2170 g/mol. The third-order valence-electron chi connectivity index (χ3n) is 22.8. The fourth-order valence-electron chi connectivity index (χ4n) is 15.8. The zero-order chi connectivity index (χ0) is 104. The number of unbranched alkanes of at least 4 members (excludes halogenated alkanes) is 6. The molecule has 0 saturated carbocycles. The van der Waals surface area contributed by atoms with Crippen molar-refractivity contribution in [2.45, 2.75) is 174 Å². The maximum absolute atomic E-state index is 13.1. The molecule has 5 amide bonds. The van der Waals surface area contributed by atoms with Crippen molar-refractivity contribution in [3.63, 3.8) is 0 Å². The van der Waals surface area contributed by atoms with Crippen molar-refractivity contribution in [2.24, 2.45) is 5.11 Å². The van der Waals surface area contributed by atoms with Gasteiger partial charge in [0.05, 0.1) is 126 Å². The molecule has 5 aliphatic rings. The van der Waals surface area contributed by atoms with Crippen LogP contribution in [-0.4, -0.2) is 289 Å². The van der Waals surface area contributed by atoms with Crippen LogP contribution in [0.1, 0.15) is 190 Å². The van der Waals surface area contributed by atoms with Crippen molar-refractivity contribution in [1.29, 1.82) is 0 Å². The lowest BCUT2D eigenvalue weighted by atomic mass is 9.85. The smallest absolute Gasteiger partial charge is 0.303 e. The first-order chi connectivity index (χ1) is 68.5. The summed E-state index contributed by atoms with van der Waals surface area (Å²) in [7, 11) is -4.97. The van der Waals surface area contributed by atoms with E-state index in [1.807, 2.05) is 57.5 Å². The number of nitrogens with one attached hydrogen (secondary N) is 5. The molecule has 0 aliphatic carbocycles. The molecular formula is C98H133Cl6N11O25S3. The molecule has 7 N–H and O–H groups in total. The number of halogens is 6. The topological polar surface area (TPSA) is 481 Å². The number of aliphatic carboxylic acids is 2. The Morgan fingerprint density at radius 1 is 0.399 bits per heavy atom. The monoisotopic (exact) mass is 2170 g/mol. The minimum absolute atomic E-state index is 0.00482. The SMILES string of the molecule is CN1Cc2c(Cl)cc(Cl)cc2C(c2cccc(S(=O)(=O)CCCOCCOCCOCCN=[N+]=[N-])c2)C1.CN1Cc2c(Cl)cc(Cl)cc2C(c2cccc(S(=O)(=O)NCCOCCOCCOCCCC(=O)CCCCCCC(=O)NCCOCCOCCOCCNS(=O)(=O)c3cccc(C4CN(C)Cc5c(Cl)cc(Cl)cc54)c3)c2)C1.O=C(O)CCCCCCC(=O)O.O=C1CCC(=O)N1.O=C1CCC(=O)N1. The van der Waals surface area contributed by atoms with Gasteiger partial charge in [-0.25, -0.2) is 34.7 Å². The van der Waals surface area contributed by atoms with Crippen molar-refractivity contribution in [3.05, 3.63) is 200 Å². The fraction of sp³-hybridized carbons (Fsp3) is 0.551. The van der Waals surface area contributed by atoms with Crippen LogP contribution in [0, 0.1) is 0 Å². The highest BCUT2D eigenvalue weighted by Gasteiger charge is 2.33. The number of amides is 5. The first-order valence-electron chi connectivity index (χ1n) is 47.6. The van der Waals surface area contributed by atoms with E-state index in [2.05, 4.69) is 50.1 Å². The number of hydrogen-bond acceptors (Lipinski definition) is 27. The zero-order valence-electron chi connectivity index (χ0n) is 81.0. The Balaban J connectivity index is 0.000000355. The van der Waals surface area contributed by atoms with Crippen molar-refractivity contribution >= 4 is 147 Å². The molecule has 6 aromatic carbocycles. The van der Waals surface area contributed by atoms with Crippen LogP contribution < -0.4 is 25.4 Å². The molecule has 5 aliphatic heterocycles. The largest absolute Gasteiger partial charge is 0.481 e. The summed E-state index contributed by atoms with van der Waals surface area (Å²) in [5, 5.41) is 30.5. The third-order valence-corrected chi connectivity index (χ3v) is 29.2. The molecule has 0 aromatic heterocycles. The van der Waals surface area contributed by atoms with Crippen LogP contribution in [0.5, 0.6) is 0 Å². The highest BCUT2D eigenvalue weighted by Crippen LogP contribution is 2.43. The summed E-state index contributed by atoms with van der Waals surface area (Å²) in [6, 6.07) is 32.0. The van der Waals surface area contributed by atoms with Gasteiger partial charge < -0.3 is 72.9 Å². The summed E-state index contributed by atoms with van der Waals surface area (Å²) in [4.78, 5) is 94.9. The molecule has 143 heavy (non-hydrogen) atoms. The van der Waals surface area contributed by atoms with Crippen LogP contribution >= 0.6 is 69.6 Å². The number of azide groups is 1. The predicted octanol–water partition coefficient (Wildman–Crippen LogP) is 14.1. The first-order valence-corrected chi connectivity index (χ1v) is 54.5. The quantitative estimate of drug-likeness (QED) is 0.00613. The van der Waals surface area contributed by atoms with Gasteiger partial charge in [0.25, 0.3) is 0 Å². The summed E-state index contributed by atoms with van der Waals surface area (Å²) in [5.41, 5.74) is 16.9. The van der Waals surface area contributed by atoms with Gasteiger partial charge in [0, 0.05) is 189 Å². The molecule has 3 unspecified atom stereocenters. The fourth-order valence-corrected chi connectivity index (χ4v) is 20.9. The highest BCUT2D eigenvalue weighted by molar-refractivity contribution is 7.91. The van der Waals surface area contributed by atoms with Crippen molar-refractivity contribution in [3.8, 4) is 0 Å². The normalized spacial score (nSPS) is 15.8. The number of fused-ring (bicyclic) bond motifs is 3. The Labute approximate surface area is 867 Å². The molecule has 790 valence electrons. The second-order valence-corrected chi connectivity index (χ2v) is 42.5. The van der Waals surface area contributed by atoms with Crippen LogP contribution in [0.3, 0.4) is 0 Å². The minimum Gasteiger partial charge on any atom is -0.481 e. The molecule has 36 nitrogen and oxygen atoms in total. The maximum Gasteiger partial charge on any atom is 0.303 e. The van der Waals surface area contributed by atoms with E-state index in [4.69, 9.17) is 128 Å². The summed E-state index contributed by atoms with van der Waals surface area (Å²) < 4.78 is 133. The number of sulfone groups is 1. The van der Waals surface area contributed by atoms with Gasteiger partial charge in [0.1, 0.15) is 5.78 Å². The van der Waals surface area contributed by atoms with Gasteiger partial charge in [-0.15, -0.1) is 0 Å². The van der Waals surface area contributed by atoms with Crippen LogP contribution in [0.4, 0.5) is 0 Å². The Kier molecular flexibility index (Phi) is 57.2. The van der Waals surface area contributed by atoms with Gasteiger partial charge in [-0.05, 0) is 188 Å². The van der Waals surface area contributed by atoms with Crippen molar-refractivity contribution < 1.29 is 116 Å². The van der Waals surface area contributed by atoms with Crippen LogP contribution in [0.2, 0.25) is 30.1 Å². The highest BCUT2D eigenvalue weighted by atomic mass is 35.5. The van der Waals surface area contributed by atoms with E-state index in [1.165, 1.54) is 0 Å². The minimum atomic E-state index is -3.77. The molecule has 6 aromatic rings. The number of Topliss-reactive ketones (excluding diaryl/α,β-unsaturated/α-hetero) is 1. The average Bonchev–Trinajstić information content (AvgIpc) is 1.25. The van der Waals surface area contributed by atoms with Gasteiger partial charge in [-0.2, -0.15) is 0 Å². The van der Waals surface area contributed by atoms with E-state index >= 15 is 0 Å². The van der Waals surface area contributed by atoms with E-state index in [9.17, 15) is 63.6 Å². The van der Waals surface area contributed by atoms with Crippen LogP contribution in [0.25, 0.3) is 10.4 Å². The van der Waals surface area contributed by atoms with Gasteiger partial charge in [-0.1, -0.05) is 137 Å². The lowest BCUT2D eigenvalue weighted by molar-refractivity contribution is -0.138. The lowest BCUT2D eigenvalue weighted by Crippen LogP contribution is -2.31. The number of rotatable bonds is 60. The number of carboxylic acids is 2. The molecular weight excluding hydrogens is 2040 g/mol. The number of carbonyl (C=O) groups excluding carboxylic acids is 6. The second kappa shape index (κ2) is 67.1. The van der Waals surface area contributed by atoms with E-state index in [-0.39, 0.29) is 108 Å². The number of carbonyl (C=O) groups is 8. The molecule has 2 fully saturated rings. The van der Waals surface area contributed by atoms with Crippen LogP contribution in [-0.2, 0) is 131 Å². The van der Waals surface area contributed by atoms with E-state index < -0.39 is 41.8 Å². The number of imide groups is 2. The summed E-state index contributed by atoms with van der Waals surface area (Å²) >= 11 is 38.5. The number of ketones is 1. The molecule has 0 bridgehead atoms. The third kappa shape index (κ3) is 47.4.